The number of pyridine rings is 1. The lowest BCUT2D eigenvalue weighted by Crippen LogP contribution is -2.09. The topological polar surface area (TPSA) is 31.4 Å². The molecule has 3 aromatic rings. The maximum Gasteiger partial charge on any atom is 0.164 e. The molecule has 0 radical (unpaired) electrons. The van der Waals surface area contributed by atoms with Gasteiger partial charge in [0.15, 0.2) is 5.75 Å². The van der Waals surface area contributed by atoms with Crippen LogP contribution in [0.4, 0.5) is 0 Å². The third-order valence-corrected chi connectivity index (χ3v) is 4.46. The quantitative estimate of drug-likeness (QED) is 0.464. The Hall–Kier alpha value is -1.49. The zero-order chi connectivity index (χ0) is 17.1. The summed E-state index contributed by atoms with van der Waals surface area (Å²) < 4.78 is 12.5. The molecule has 0 amide bonds. The number of halogens is 3. The number of rotatable bonds is 5. The van der Waals surface area contributed by atoms with Crippen molar-refractivity contribution in [3.05, 3.63) is 62.7 Å². The van der Waals surface area contributed by atoms with Gasteiger partial charge < -0.3 is 9.47 Å². The second-order valence-electron chi connectivity index (χ2n) is 5.17. The minimum absolute atomic E-state index is 0.346. The van der Waals surface area contributed by atoms with Crippen LogP contribution in [0.1, 0.15) is 5.69 Å². The average Bonchev–Trinajstić information content (AvgIpc) is 2.53. The predicted molar refractivity (Wildman–Crippen MR) is 102 cm³/mol. The van der Waals surface area contributed by atoms with Gasteiger partial charge in [-0.3, -0.25) is 0 Å². The van der Waals surface area contributed by atoms with Gasteiger partial charge in [0.1, 0.15) is 24.5 Å². The summed E-state index contributed by atoms with van der Waals surface area (Å²) in [5, 5.41) is 1.81. The van der Waals surface area contributed by atoms with E-state index in [0.717, 1.165) is 21.3 Å². The summed E-state index contributed by atoms with van der Waals surface area (Å²) >= 11 is 15.9. The Labute approximate surface area is 158 Å². The Kier molecular flexibility index (Phi) is 5.49. The Morgan fingerprint density at radius 1 is 1.00 bits per heavy atom. The van der Waals surface area contributed by atoms with Crippen LogP contribution in [0.5, 0.6) is 11.5 Å². The zero-order valence-electron chi connectivity index (χ0n) is 12.9. The maximum atomic E-state index is 6.28. The monoisotopic (exact) mass is 425 g/mol. The van der Waals surface area contributed by atoms with Crippen molar-refractivity contribution in [1.82, 2.24) is 4.98 Å². The highest BCUT2D eigenvalue weighted by Crippen LogP contribution is 2.37. The fraction of sp³-hybridized carbons (Fsp3) is 0.167. The molecule has 1 heterocycles. The summed E-state index contributed by atoms with van der Waals surface area (Å²) in [6.07, 6.45) is 0. The van der Waals surface area contributed by atoms with Gasteiger partial charge in [0, 0.05) is 15.6 Å². The fourth-order valence-corrected chi connectivity index (χ4v) is 3.24. The van der Waals surface area contributed by atoms with Crippen LogP contribution < -0.4 is 9.47 Å². The summed E-state index contributed by atoms with van der Waals surface area (Å²) in [4.78, 5) is 4.50. The van der Waals surface area contributed by atoms with Crippen LogP contribution in [-0.2, 0) is 0 Å². The molecule has 3 nitrogen and oxygen atoms in total. The lowest BCUT2D eigenvalue weighted by Gasteiger charge is -2.13. The van der Waals surface area contributed by atoms with E-state index in [0.29, 0.717) is 34.5 Å². The number of hydrogen-bond donors (Lipinski definition) is 0. The van der Waals surface area contributed by atoms with E-state index in [1.54, 1.807) is 6.07 Å². The van der Waals surface area contributed by atoms with E-state index in [-0.39, 0.29) is 0 Å². The standard InChI is InChI=1S/C18H14BrCl2NO2/c1-11-5-6-14-15(20)10-16(21)18(17(14)22-11)24-8-7-23-13-4-2-3-12(19)9-13/h2-6,9-10H,7-8H2,1H3. The van der Waals surface area contributed by atoms with Gasteiger partial charge in [-0.15, -0.1) is 0 Å². The molecule has 0 saturated heterocycles. The van der Waals surface area contributed by atoms with Crippen LogP contribution in [-0.4, -0.2) is 18.2 Å². The Bertz CT molecular complexity index is 886. The smallest absolute Gasteiger partial charge is 0.164 e. The number of benzene rings is 2. The molecule has 0 N–H and O–H groups in total. The first kappa shape index (κ1) is 17.3. The van der Waals surface area contributed by atoms with E-state index in [1.807, 2.05) is 43.3 Å². The molecule has 0 aliphatic rings. The Balaban J connectivity index is 1.74. The first-order valence-corrected chi connectivity index (χ1v) is 8.86. The second kappa shape index (κ2) is 7.60. The van der Waals surface area contributed by atoms with Crippen molar-refractivity contribution >= 4 is 50.0 Å². The molecule has 0 fully saturated rings. The first-order chi connectivity index (χ1) is 11.5. The number of hydrogen-bond acceptors (Lipinski definition) is 3. The van der Waals surface area contributed by atoms with E-state index in [9.17, 15) is 0 Å². The number of aromatic nitrogens is 1. The summed E-state index contributed by atoms with van der Waals surface area (Å²) in [7, 11) is 0. The summed E-state index contributed by atoms with van der Waals surface area (Å²) in [6.45, 7) is 2.65. The van der Waals surface area contributed by atoms with Gasteiger partial charge in [0.25, 0.3) is 0 Å². The highest BCUT2D eigenvalue weighted by molar-refractivity contribution is 9.10. The minimum atomic E-state index is 0.346. The highest BCUT2D eigenvalue weighted by atomic mass is 79.9. The van der Waals surface area contributed by atoms with Gasteiger partial charge in [-0.25, -0.2) is 4.98 Å². The van der Waals surface area contributed by atoms with Crippen LogP contribution in [0.3, 0.4) is 0 Å². The Morgan fingerprint density at radius 2 is 1.79 bits per heavy atom. The fourth-order valence-electron chi connectivity index (χ4n) is 2.29. The molecule has 24 heavy (non-hydrogen) atoms. The Morgan fingerprint density at radius 3 is 2.58 bits per heavy atom. The van der Waals surface area contributed by atoms with Gasteiger partial charge in [-0.05, 0) is 43.3 Å². The van der Waals surface area contributed by atoms with E-state index in [4.69, 9.17) is 32.7 Å². The third kappa shape index (κ3) is 3.94. The van der Waals surface area contributed by atoms with E-state index in [2.05, 4.69) is 20.9 Å². The number of ether oxygens (including phenoxy) is 2. The maximum absolute atomic E-state index is 6.28. The molecule has 0 unspecified atom stereocenters. The first-order valence-electron chi connectivity index (χ1n) is 7.31. The van der Waals surface area contributed by atoms with E-state index >= 15 is 0 Å². The molecule has 0 spiro atoms. The summed E-state index contributed by atoms with van der Waals surface area (Å²) in [5.74, 6) is 1.30. The molecule has 0 atom stereocenters. The molecule has 0 saturated carbocycles. The molecule has 3 rings (SSSR count). The highest BCUT2D eigenvalue weighted by Gasteiger charge is 2.13. The average molecular weight is 427 g/mol. The molecular weight excluding hydrogens is 413 g/mol. The normalized spacial score (nSPS) is 10.8. The van der Waals surface area contributed by atoms with Crippen LogP contribution >= 0.6 is 39.1 Å². The molecule has 2 aromatic carbocycles. The predicted octanol–water partition coefficient (Wildman–Crippen LogP) is 6.07. The molecular formula is C18H14BrCl2NO2. The number of nitrogens with zero attached hydrogens (tertiary/aromatic N) is 1. The van der Waals surface area contributed by atoms with Crippen LogP contribution in [0.25, 0.3) is 10.9 Å². The molecule has 6 heteroatoms. The summed E-state index contributed by atoms with van der Waals surface area (Å²) in [5.41, 5.74) is 1.53. The van der Waals surface area contributed by atoms with Gasteiger partial charge in [-0.1, -0.05) is 45.2 Å². The van der Waals surface area contributed by atoms with Gasteiger partial charge >= 0.3 is 0 Å². The van der Waals surface area contributed by atoms with Crippen LogP contribution in [0, 0.1) is 6.92 Å². The zero-order valence-corrected chi connectivity index (χ0v) is 16.0. The van der Waals surface area contributed by atoms with Gasteiger partial charge in [0.05, 0.1) is 10.0 Å². The molecule has 124 valence electrons. The lowest BCUT2D eigenvalue weighted by molar-refractivity contribution is 0.218. The minimum Gasteiger partial charge on any atom is -0.490 e. The number of aryl methyl sites for hydroxylation is 1. The van der Waals surface area contributed by atoms with Gasteiger partial charge in [0.2, 0.25) is 0 Å². The van der Waals surface area contributed by atoms with Crippen molar-refractivity contribution in [2.75, 3.05) is 13.2 Å². The van der Waals surface area contributed by atoms with E-state index in [1.165, 1.54) is 0 Å². The molecule has 0 aliphatic carbocycles. The largest absolute Gasteiger partial charge is 0.490 e. The van der Waals surface area contributed by atoms with Crippen molar-refractivity contribution in [2.24, 2.45) is 0 Å². The SMILES string of the molecule is Cc1ccc2c(Cl)cc(Cl)c(OCCOc3cccc(Br)c3)c2n1. The van der Waals surface area contributed by atoms with Gasteiger partial charge in [-0.2, -0.15) is 0 Å². The number of fused-ring (bicyclic) bond motifs is 1. The summed E-state index contributed by atoms with van der Waals surface area (Å²) in [6, 6.07) is 13.1. The third-order valence-electron chi connectivity index (χ3n) is 3.37. The molecule has 0 aliphatic heterocycles. The second-order valence-corrected chi connectivity index (χ2v) is 6.90. The van der Waals surface area contributed by atoms with E-state index < -0.39 is 0 Å². The van der Waals surface area contributed by atoms with Crippen LogP contribution in [0.2, 0.25) is 10.0 Å². The van der Waals surface area contributed by atoms with Crippen molar-refractivity contribution in [1.29, 1.82) is 0 Å². The van der Waals surface area contributed by atoms with Crippen molar-refractivity contribution in [3.63, 3.8) is 0 Å². The van der Waals surface area contributed by atoms with Crippen molar-refractivity contribution < 1.29 is 9.47 Å². The van der Waals surface area contributed by atoms with Crippen molar-refractivity contribution in [2.45, 2.75) is 6.92 Å². The molecule has 1 aromatic heterocycles. The van der Waals surface area contributed by atoms with Crippen molar-refractivity contribution in [3.8, 4) is 11.5 Å². The van der Waals surface area contributed by atoms with Crippen LogP contribution in [0.15, 0.2) is 46.9 Å². The molecule has 0 bridgehead atoms. The lowest BCUT2D eigenvalue weighted by atomic mass is 10.2.